The minimum Gasteiger partial charge on any atom is -0.347 e. The van der Waals surface area contributed by atoms with Gasteiger partial charge in [0.1, 0.15) is 4.21 Å². The van der Waals surface area contributed by atoms with Gasteiger partial charge in [0, 0.05) is 23.5 Å². The van der Waals surface area contributed by atoms with Crippen molar-refractivity contribution in [1.82, 2.24) is 9.62 Å². The second kappa shape index (κ2) is 8.33. The highest BCUT2D eigenvalue weighted by Gasteiger charge is 2.26. The first-order valence-corrected chi connectivity index (χ1v) is 11.2. The predicted octanol–water partition coefficient (Wildman–Crippen LogP) is 3.55. The molecular formula is C19H24N2O3S2. The van der Waals surface area contributed by atoms with Crippen LogP contribution in [0.4, 0.5) is 0 Å². The Morgan fingerprint density at radius 3 is 2.35 bits per heavy atom. The summed E-state index contributed by atoms with van der Waals surface area (Å²) in [7, 11) is -3.42. The summed E-state index contributed by atoms with van der Waals surface area (Å²) in [5, 5.41) is 2.85. The number of amides is 1. The number of carbonyl (C=O) groups excluding carboxylic acids is 1. The maximum atomic E-state index is 12.8. The second-order valence-electron chi connectivity index (χ2n) is 6.59. The summed E-state index contributed by atoms with van der Waals surface area (Å²) in [5.74, 6) is -0.157. The summed E-state index contributed by atoms with van der Waals surface area (Å²) in [6, 6.07) is 10.8. The summed E-state index contributed by atoms with van der Waals surface area (Å²) in [6.07, 6.45) is 4.02. The highest BCUT2D eigenvalue weighted by atomic mass is 32.2. The predicted molar refractivity (Wildman–Crippen MR) is 104 cm³/mol. The molecule has 5 nitrogen and oxygen atoms in total. The van der Waals surface area contributed by atoms with E-state index >= 15 is 0 Å². The molecule has 140 valence electrons. The molecule has 1 N–H and O–H groups in total. The van der Waals surface area contributed by atoms with E-state index in [0.29, 0.717) is 29.4 Å². The van der Waals surface area contributed by atoms with Crippen molar-refractivity contribution in [1.29, 1.82) is 0 Å². The molecule has 1 aromatic heterocycles. The van der Waals surface area contributed by atoms with E-state index in [1.54, 1.807) is 28.6 Å². The zero-order valence-corrected chi connectivity index (χ0v) is 16.5. The first kappa shape index (κ1) is 19.1. The Balaban J connectivity index is 1.63. The number of hydrogen-bond donors (Lipinski definition) is 1. The van der Waals surface area contributed by atoms with Crippen molar-refractivity contribution in [3.63, 3.8) is 0 Å². The van der Waals surface area contributed by atoms with Crippen LogP contribution in [0.1, 0.15) is 46.5 Å². The first-order chi connectivity index (χ1) is 12.5. The molecule has 0 atom stereocenters. The van der Waals surface area contributed by atoms with Gasteiger partial charge in [-0.25, -0.2) is 8.42 Å². The highest BCUT2D eigenvalue weighted by Crippen LogP contribution is 2.26. The summed E-state index contributed by atoms with van der Waals surface area (Å²) >= 11 is 1.24. The number of nitrogens with one attached hydrogen (secondary N) is 1. The lowest BCUT2D eigenvalue weighted by Gasteiger charge is -2.18. The SMILES string of the molecule is Cc1ccc(C(=O)NCc2ccc(S(=O)(=O)N3CCCCCC3)s2)cc1. The van der Waals surface area contributed by atoms with Crippen LogP contribution in [0, 0.1) is 6.92 Å². The maximum absolute atomic E-state index is 12.8. The summed E-state index contributed by atoms with van der Waals surface area (Å²) in [6.45, 7) is 3.49. The number of benzene rings is 1. The van der Waals surface area contributed by atoms with Crippen LogP contribution in [0.3, 0.4) is 0 Å². The van der Waals surface area contributed by atoms with Crippen LogP contribution in [0.25, 0.3) is 0 Å². The number of carbonyl (C=O) groups is 1. The fourth-order valence-corrected chi connectivity index (χ4v) is 5.94. The molecule has 1 saturated heterocycles. The molecule has 0 bridgehead atoms. The van der Waals surface area contributed by atoms with Crippen LogP contribution >= 0.6 is 11.3 Å². The lowest BCUT2D eigenvalue weighted by atomic mass is 10.1. The van der Waals surface area contributed by atoms with E-state index in [1.807, 2.05) is 19.1 Å². The summed E-state index contributed by atoms with van der Waals surface area (Å²) in [5.41, 5.74) is 1.70. The monoisotopic (exact) mass is 392 g/mol. The Labute approximate surface area is 159 Å². The van der Waals surface area contributed by atoms with Crippen molar-refractivity contribution >= 4 is 27.3 Å². The first-order valence-electron chi connectivity index (χ1n) is 8.90. The lowest BCUT2D eigenvalue weighted by molar-refractivity contribution is 0.0951. The van der Waals surface area contributed by atoms with Crippen molar-refractivity contribution in [2.75, 3.05) is 13.1 Å². The van der Waals surface area contributed by atoms with Gasteiger partial charge in [-0.3, -0.25) is 4.79 Å². The number of hydrogen-bond acceptors (Lipinski definition) is 4. The van der Waals surface area contributed by atoms with Crippen LogP contribution < -0.4 is 5.32 Å². The molecule has 26 heavy (non-hydrogen) atoms. The maximum Gasteiger partial charge on any atom is 0.252 e. The molecule has 0 aliphatic carbocycles. The van der Waals surface area contributed by atoms with Gasteiger partial charge in [0.15, 0.2) is 0 Å². The number of sulfonamides is 1. The van der Waals surface area contributed by atoms with Crippen LogP contribution in [0.2, 0.25) is 0 Å². The standard InChI is InChI=1S/C19H24N2O3S2/c1-15-6-8-16(9-7-15)19(22)20-14-17-10-11-18(25-17)26(23,24)21-12-4-2-3-5-13-21/h6-11H,2-5,12-14H2,1H3,(H,20,22). The molecule has 1 aromatic carbocycles. The van der Waals surface area contributed by atoms with E-state index in [1.165, 1.54) is 11.3 Å². The van der Waals surface area contributed by atoms with E-state index in [9.17, 15) is 13.2 Å². The third kappa shape index (κ3) is 4.52. The normalized spacial score (nSPS) is 16.2. The van der Waals surface area contributed by atoms with Crippen LogP contribution in [0.15, 0.2) is 40.6 Å². The van der Waals surface area contributed by atoms with Crippen molar-refractivity contribution < 1.29 is 13.2 Å². The smallest absolute Gasteiger partial charge is 0.252 e. The van der Waals surface area contributed by atoms with Gasteiger partial charge >= 0.3 is 0 Å². The molecule has 0 saturated carbocycles. The van der Waals surface area contributed by atoms with Gasteiger partial charge in [-0.1, -0.05) is 30.5 Å². The fraction of sp³-hybridized carbons (Fsp3) is 0.421. The molecule has 1 amide bonds. The number of aryl methyl sites for hydroxylation is 1. The molecule has 2 heterocycles. The quantitative estimate of drug-likeness (QED) is 0.846. The summed E-state index contributed by atoms with van der Waals surface area (Å²) in [4.78, 5) is 13.0. The van der Waals surface area contributed by atoms with Crippen LogP contribution in [-0.2, 0) is 16.6 Å². The van der Waals surface area contributed by atoms with Gasteiger partial charge in [-0.05, 0) is 44.0 Å². The van der Waals surface area contributed by atoms with Crippen molar-refractivity contribution in [2.45, 2.75) is 43.4 Å². The average Bonchev–Trinajstić information content (AvgIpc) is 2.94. The van der Waals surface area contributed by atoms with E-state index in [2.05, 4.69) is 5.32 Å². The topological polar surface area (TPSA) is 66.5 Å². The van der Waals surface area contributed by atoms with Crippen molar-refractivity contribution in [2.24, 2.45) is 0 Å². The third-order valence-electron chi connectivity index (χ3n) is 4.53. The van der Waals surface area contributed by atoms with E-state index in [-0.39, 0.29) is 5.91 Å². The third-order valence-corrected chi connectivity index (χ3v) is 7.98. The van der Waals surface area contributed by atoms with Gasteiger partial charge < -0.3 is 5.32 Å². The Kier molecular flexibility index (Phi) is 6.11. The lowest BCUT2D eigenvalue weighted by Crippen LogP contribution is -2.31. The minimum atomic E-state index is -3.42. The van der Waals surface area contributed by atoms with Gasteiger partial charge in [0.05, 0.1) is 6.54 Å². The van der Waals surface area contributed by atoms with Crippen molar-refractivity contribution in [3.05, 3.63) is 52.4 Å². The molecule has 0 spiro atoms. The average molecular weight is 393 g/mol. The minimum absolute atomic E-state index is 0.157. The zero-order valence-electron chi connectivity index (χ0n) is 14.9. The van der Waals surface area contributed by atoms with E-state index in [0.717, 1.165) is 36.1 Å². The van der Waals surface area contributed by atoms with Crippen LogP contribution in [-0.4, -0.2) is 31.7 Å². The molecule has 7 heteroatoms. The Morgan fingerprint density at radius 2 is 1.69 bits per heavy atom. The van der Waals surface area contributed by atoms with Crippen molar-refractivity contribution in [3.8, 4) is 0 Å². The molecule has 0 unspecified atom stereocenters. The molecule has 1 aliphatic heterocycles. The van der Waals surface area contributed by atoms with Gasteiger partial charge in [0.25, 0.3) is 15.9 Å². The zero-order chi connectivity index (χ0) is 18.6. The van der Waals surface area contributed by atoms with Crippen LogP contribution in [0.5, 0.6) is 0 Å². The Morgan fingerprint density at radius 1 is 1.04 bits per heavy atom. The summed E-state index contributed by atoms with van der Waals surface area (Å²) < 4.78 is 27.5. The molecule has 0 radical (unpaired) electrons. The number of thiophene rings is 1. The second-order valence-corrected chi connectivity index (χ2v) is 9.92. The largest absolute Gasteiger partial charge is 0.347 e. The highest BCUT2D eigenvalue weighted by molar-refractivity contribution is 7.91. The Hall–Kier alpha value is -1.70. The molecule has 1 aliphatic rings. The number of rotatable bonds is 5. The number of nitrogens with zero attached hydrogens (tertiary/aromatic N) is 1. The molecule has 3 rings (SSSR count). The molecule has 2 aromatic rings. The van der Waals surface area contributed by atoms with Gasteiger partial charge in [-0.2, -0.15) is 4.31 Å². The van der Waals surface area contributed by atoms with E-state index in [4.69, 9.17) is 0 Å². The molecule has 1 fully saturated rings. The molecular weight excluding hydrogens is 368 g/mol. The van der Waals surface area contributed by atoms with Gasteiger partial charge in [-0.15, -0.1) is 11.3 Å². The fourth-order valence-electron chi connectivity index (χ4n) is 2.98. The van der Waals surface area contributed by atoms with Gasteiger partial charge in [0.2, 0.25) is 0 Å². The Bertz CT molecular complexity index is 849. The van der Waals surface area contributed by atoms with E-state index < -0.39 is 10.0 Å².